The van der Waals surface area contributed by atoms with Crippen molar-refractivity contribution in [3.8, 4) is 0 Å². The van der Waals surface area contributed by atoms with E-state index in [0.717, 1.165) is 32.5 Å². The summed E-state index contributed by atoms with van der Waals surface area (Å²) in [6.07, 6.45) is 2.16. The van der Waals surface area contributed by atoms with Gasteiger partial charge in [-0.05, 0) is 24.8 Å². The van der Waals surface area contributed by atoms with Gasteiger partial charge in [-0.15, -0.1) is 0 Å². The van der Waals surface area contributed by atoms with Crippen LogP contribution in [0.5, 0.6) is 0 Å². The van der Waals surface area contributed by atoms with Gasteiger partial charge in [-0.2, -0.15) is 0 Å². The fraction of sp³-hybridized carbons (Fsp3) is 0.500. The summed E-state index contributed by atoms with van der Waals surface area (Å²) in [5.74, 6) is 0.523. The van der Waals surface area contributed by atoms with E-state index in [1.807, 2.05) is 4.90 Å². The molecule has 7 heteroatoms. The first-order valence-electron chi connectivity index (χ1n) is 7.18. The zero-order chi connectivity index (χ0) is 14.8. The fourth-order valence-corrected chi connectivity index (χ4v) is 3.21. The largest absolute Gasteiger partial charge is 0.322 e. The van der Waals surface area contributed by atoms with Gasteiger partial charge in [0.05, 0.1) is 4.92 Å². The number of piperidine rings is 1. The topological polar surface area (TPSA) is 87.5 Å². The lowest BCUT2D eigenvalue weighted by atomic mass is 9.92. The highest BCUT2D eigenvalue weighted by atomic mass is 16.6. The summed E-state index contributed by atoms with van der Waals surface area (Å²) in [5, 5.41) is 16.9. The summed E-state index contributed by atoms with van der Waals surface area (Å²) in [6, 6.07) is 6.09. The number of rotatable bonds is 2. The van der Waals surface area contributed by atoms with Crippen molar-refractivity contribution in [2.75, 3.05) is 25.0 Å². The van der Waals surface area contributed by atoms with E-state index in [-0.39, 0.29) is 17.8 Å². The minimum absolute atomic E-state index is 0.0214. The van der Waals surface area contributed by atoms with Crippen LogP contribution in [0.2, 0.25) is 0 Å². The second kappa shape index (κ2) is 5.69. The molecule has 2 aliphatic rings. The van der Waals surface area contributed by atoms with Crippen molar-refractivity contribution in [3.63, 3.8) is 0 Å². The van der Waals surface area contributed by atoms with E-state index in [2.05, 4.69) is 10.6 Å². The van der Waals surface area contributed by atoms with E-state index in [0.29, 0.717) is 11.6 Å². The van der Waals surface area contributed by atoms with Gasteiger partial charge in [-0.1, -0.05) is 6.07 Å². The van der Waals surface area contributed by atoms with Crippen LogP contribution in [0.1, 0.15) is 12.8 Å². The fourth-order valence-electron chi connectivity index (χ4n) is 3.21. The summed E-state index contributed by atoms with van der Waals surface area (Å²) < 4.78 is 0. The van der Waals surface area contributed by atoms with E-state index in [9.17, 15) is 14.9 Å². The van der Waals surface area contributed by atoms with Gasteiger partial charge in [0.1, 0.15) is 0 Å². The maximum absolute atomic E-state index is 12.4. The molecule has 1 aromatic carbocycles. The molecule has 0 aliphatic carbocycles. The van der Waals surface area contributed by atoms with E-state index >= 15 is 0 Å². The molecule has 2 atom stereocenters. The number of urea groups is 1. The molecule has 1 aromatic rings. The van der Waals surface area contributed by atoms with Crippen LogP contribution < -0.4 is 10.6 Å². The third kappa shape index (κ3) is 2.82. The number of amides is 2. The highest BCUT2D eigenvalue weighted by Gasteiger charge is 2.37. The van der Waals surface area contributed by atoms with Gasteiger partial charge in [0.25, 0.3) is 5.69 Å². The van der Waals surface area contributed by atoms with Crippen LogP contribution in [0.25, 0.3) is 0 Å². The lowest BCUT2D eigenvalue weighted by Crippen LogP contribution is -2.50. The molecule has 0 radical (unpaired) electrons. The normalized spacial score (nSPS) is 24.5. The van der Waals surface area contributed by atoms with Crippen molar-refractivity contribution < 1.29 is 9.72 Å². The Bertz CT molecular complexity index is 563. The van der Waals surface area contributed by atoms with Crippen molar-refractivity contribution in [3.05, 3.63) is 34.4 Å². The number of hydrogen-bond acceptors (Lipinski definition) is 4. The number of carbonyl (C=O) groups excluding carboxylic acids is 1. The van der Waals surface area contributed by atoms with Crippen molar-refractivity contribution in [1.29, 1.82) is 0 Å². The van der Waals surface area contributed by atoms with E-state index in [1.165, 1.54) is 12.1 Å². The smallest absolute Gasteiger partial charge is 0.320 e. The highest BCUT2D eigenvalue weighted by Crippen LogP contribution is 2.27. The number of non-ortho nitro benzene ring substituents is 1. The van der Waals surface area contributed by atoms with Crippen LogP contribution >= 0.6 is 0 Å². The molecule has 112 valence electrons. The van der Waals surface area contributed by atoms with Gasteiger partial charge in [0.2, 0.25) is 0 Å². The molecule has 21 heavy (non-hydrogen) atoms. The zero-order valence-electron chi connectivity index (χ0n) is 11.6. The molecular formula is C14H18N4O3. The summed E-state index contributed by atoms with van der Waals surface area (Å²) in [7, 11) is 0. The summed E-state index contributed by atoms with van der Waals surface area (Å²) >= 11 is 0. The molecule has 0 bridgehead atoms. The van der Waals surface area contributed by atoms with Crippen LogP contribution in [0.15, 0.2) is 24.3 Å². The molecule has 2 fully saturated rings. The predicted octanol–water partition coefficient (Wildman–Crippen LogP) is 1.81. The first kappa shape index (κ1) is 13.8. The third-order valence-corrected chi connectivity index (χ3v) is 4.25. The summed E-state index contributed by atoms with van der Waals surface area (Å²) in [4.78, 5) is 24.6. The van der Waals surface area contributed by atoms with Crippen molar-refractivity contribution in [2.24, 2.45) is 5.92 Å². The number of hydrogen-bond donors (Lipinski definition) is 2. The Morgan fingerprint density at radius 2 is 2.29 bits per heavy atom. The molecule has 0 aromatic heterocycles. The quantitative estimate of drug-likeness (QED) is 0.642. The van der Waals surface area contributed by atoms with Crippen LogP contribution in [-0.2, 0) is 0 Å². The molecule has 0 spiro atoms. The Hall–Kier alpha value is -2.15. The lowest BCUT2D eigenvalue weighted by Gasteiger charge is -2.36. The molecular weight excluding hydrogens is 272 g/mol. The van der Waals surface area contributed by atoms with Crippen LogP contribution in [0, 0.1) is 16.0 Å². The molecule has 2 amide bonds. The van der Waals surface area contributed by atoms with Gasteiger partial charge in [0.15, 0.2) is 0 Å². The monoisotopic (exact) mass is 290 g/mol. The zero-order valence-corrected chi connectivity index (χ0v) is 11.6. The van der Waals surface area contributed by atoms with Gasteiger partial charge < -0.3 is 15.5 Å². The number of nitro groups is 1. The van der Waals surface area contributed by atoms with Crippen molar-refractivity contribution in [1.82, 2.24) is 10.2 Å². The van der Waals surface area contributed by atoms with Crippen LogP contribution in [0.3, 0.4) is 0 Å². The number of carbonyl (C=O) groups is 1. The molecule has 7 nitrogen and oxygen atoms in total. The number of anilines is 1. The Morgan fingerprint density at radius 3 is 3.10 bits per heavy atom. The van der Waals surface area contributed by atoms with E-state index in [1.54, 1.807) is 12.1 Å². The molecule has 2 N–H and O–H groups in total. The first-order chi connectivity index (χ1) is 10.1. The number of likely N-dealkylation sites (tertiary alicyclic amines) is 1. The standard InChI is InChI=1S/C14H18N4O3/c19-14(16-11-4-1-5-12(7-11)18(20)21)17-6-2-3-10-8-15-9-13(10)17/h1,4-5,7,10,13,15H,2-3,6,8-9H2,(H,16,19). The second-order valence-corrected chi connectivity index (χ2v) is 5.56. The van der Waals surface area contributed by atoms with Gasteiger partial charge in [-0.25, -0.2) is 4.79 Å². The van der Waals surface area contributed by atoms with Crippen LogP contribution in [0.4, 0.5) is 16.2 Å². The van der Waals surface area contributed by atoms with Gasteiger partial charge in [-0.3, -0.25) is 10.1 Å². The van der Waals surface area contributed by atoms with E-state index in [4.69, 9.17) is 0 Å². The maximum atomic E-state index is 12.4. The number of benzene rings is 1. The average molecular weight is 290 g/mol. The molecule has 2 unspecified atom stereocenters. The third-order valence-electron chi connectivity index (χ3n) is 4.25. The van der Waals surface area contributed by atoms with E-state index < -0.39 is 4.92 Å². The van der Waals surface area contributed by atoms with Crippen molar-refractivity contribution in [2.45, 2.75) is 18.9 Å². The predicted molar refractivity (Wildman–Crippen MR) is 78.2 cm³/mol. The Balaban J connectivity index is 1.71. The Morgan fingerprint density at radius 1 is 1.43 bits per heavy atom. The maximum Gasteiger partial charge on any atom is 0.322 e. The van der Waals surface area contributed by atoms with Gasteiger partial charge >= 0.3 is 6.03 Å². The number of nitro benzene ring substituents is 1. The minimum atomic E-state index is -0.465. The summed E-state index contributed by atoms with van der Waals surface area (Å²) in [6.45, 7) is 2.53. The molecule has 3 rings (SSSR count). The van der Waals surface area contributed by atoms with Gasteiger partial charge in [0, 0.05) is 43.5 Å². The first-order valence-corrected chi connectivity index (χ1v) is 7.18. The Kier molecular flexibility index (Phi) is 3.74. The number of nitrogens with zero attached hydrogens (tertiary/aromatic N) is 2. The number of fused-ring (bicyclic) bond motifs is 1. The lowest BCUT2D eigenvalue weighted by molar-refractivity contribution is -0.384. The average Bonchev–Trinajstić information content (AvgIpc) is 2.95. The molecule has 2 saturated heterocycles. The highest BCUT2D eigenvalue weighted by molar-refractivity contribution is 5.90. The minimum Gasteiger partial charge on any atom is -0.320 e. The molecule has 2 heterocycles. The summed E-state index contributed by atoms with van der Waals surface area (Å²) in [5.41, 5.74) is 0.439. The molecule has 0 saturated carbocycles. The number of nitrogens with one attached hydrogen (secondary N) is 2. The molecule has 2 aliphatic heterocycles. The Labute approximate surface area is 122 Å². The SMILES string of the molecule is O=C(Nc1cccc([N+](=O)[O-])c1)N1CCCC2CNCC21. The second-order valence-electron chi connectivity index (χ2n) is 5.56. The van der Waals surface area contributed by atoms with Crippen molar-refractivity contribution >= 4 is 17.4 Å². The van der Waals surface area contributed by atoms with Crippen LogP contribution in [-0.4, -0.2) is 41.5 Å².